The van der Waals surface area contributed by atoms with Gasteiger partial charge in [-0.3, -0.25) is 0 Å². The topological polar surface area (TPSA) is 69.7 Å². The molecule has 0 radical (unpaired) electrons. The molecule has 0 atom stereocenters. The van der Waals surface area contributed by atoms with Crippen LogP contribution in [0.4, 0.5) is 3.89 Å². The summed E-state index contributed by atoms with van der Waals surface area (Å²) in [6, 6.07) is 3.40. The molecule has 1 rings (SSSR count). The second kappa shape index (κ2) is 5.24. The third-order valence-corrected chi connectivity index (χ3v) is 2.78. The quantitative estimate of drug-likeness (QED) is 0.604. The lowest BCUT2D eigenvalue weighted by atomic mass is 10.1. The monoisotopic (exact) mass is 262 g/mol. The molecule has 17 heavy (non-hydrogen) atoms. The van der Waals surface area contributed by atoms with E-state index >= 15 is 0 Å². The van der Waals surface area contributed by atoms with Crippen molar-refractivity contribution in [3.8, 4) is 0 Å². The first-order valence-corrected chi connectivity index (χ1v) is 5.92. The molecule has 0 saturated carbocycles. The fraction of sp³-hybridized carbons (Fsp3) is 0.300. The number of hydrogen-bond acceptors (Lipinski definition) is 5. The first-order chi connectivity index (χ1) is 7.88. The molecule has 0 aliphatic heterocycles. The third kappa shape index (κ3) is 3.50. The molecule has 0 aromatic heterocycles. The number of hydrogen-bond donors (Lipinski definition) is 0. The molecule has 7 heteroatoms. The summed E-state index contributed by atoms with van der Waals surface area (Å²) in [6.07, 6.45) is 0. The van der Waals surface area contributed by atoms with Gasteiger partial charge in [0.2, 0.25) is 0 Å². The summed E-state index contributed by atoms with van der Waals surface area (Å²) in [7, 11) is -2.33. The number of rotatable bonds is 4. The highest BCUT2D eigenvalue weighted by atomic mass is 32.3. The Balaban J connectivity index is 3.33. The van der Waals surface area contributed by atoms with Crippen molar-refractivity contribution in [2.45, 2.75) is 11.5 Å². The molecule has 0 saturated heterocycles. The van der Waals surface area contributed by atoms with Gasteiger partial charge in [-0.25, -0.2) is 4.79 Å². The summed E-state index contributed by atoms with van der Waals surface area (Å²) in [5.74, 6) is -0.743. The van der Waals surface area contributed by atoms with Gasteiger partial charge in [0.15, 0.2) is 0 Å². The van der Waals surface area contributed by atoms with Gasteiger partial charge in [0.25, 0.3) is 0 Å². The van der Waals surface area contributed by atoms with Crippen molar-refractivity contribution < 1.29 is 26.6 Å². The van der Waals surface area contributed by atoms with E-state index in [-0.39, 0.29) is 12.2 Å². The molecule has 0 fully saturated rings. The Morgan fingerprint density at radius 2 is 1.94 bits per heavy atom. The third-order valence-electron chi connectivity index (χ3n) is 1.98. The van der Waals surface area contributed by atoms with Gasteiger partial charge in [0.05, 0.1) is 24.2 Å². The zero-order valence-electron chi connectivity index (χ0n) is 9.27. The van der Waals surface area contributed by atoms with Crippen LogP contribution in [0.2, 0.25) is 0 Å². The molecular formula is C10H11FO5S. The van der Waals surface area contributed by atoms with Crippen LogP contribution in [0.3, 0.4) is 0 Å². The number of benzene rings is 1. The van der Waals surface area contributed by atoms with E-state index in [1.165, 1.54) is 13.2 Å². The van der Waals surface area contributed by atoms with Crippen molar-refractivity contribution in [1.29, 1.82) is 0 Å². The number of methoxy groups -OCH3 is 2. The molecule has 0 heterocycles. The van der Waals surface area contributed by atoms with Crippen LogP contribution in [0.15, 0.2) is 23.1 Å². The minimum atomic E-state index is -4.87. The SMILES string of the molecule is COCc1cc(C(=O)OC)cc(S(=O)(=O)F)c1. The Labute approximate surface area is 98.4 Å². The summed E-state index contributed by atoms with van der Waals surface area (Å²) in [5, 5.41) is 0. The first-order valence-electron chi connectivity index (χ1n) is 4.54. The van der Waals surface area contributed by atoms with E-state index in [0.29, 0.717) is 5.56 Å². The second-order valence-corrected chi connectivity index (χ2v) is 4.58. The lowest BCUT2D eigenvalue weighted by molar-refractivity contribution is 0.0600. The Hall–Kier alpha value is -1.47. The zero-order valence-corrected chi connectivity index (χ0v) is 10.1. The predicted molar refractivity (Wildman–Crippen MR) is 56.8 cm³/mol. The van der Waals surface area contributed by atoms with E-state index < -0.39 is 21.1 Å². The fourth-order valence-corrected chi connectivity index (χ4v) is 1.85. The van der Waals surface area contributed by atoms with Crippen molar-refractivity contribution >= 4 is 16.2 Å². The largest absolute Gasteiger partial charge is 0.465 e. The summed E-state index contributed by atoms with van der Waals surface area (Å²) >= 11 is 0. The van der Waals surface area contributed by atoms with Crippen LogP contribution in [0.25, 0.3) is 0 Å². The van der Waals surface area contributed by atoms with Crippen molar-refractivity contribution in [1.82, 2.24) is 0 Å². The standard InChI is InChI=1S/C10H11FO5S/c1-15-6-7-3-8(10(12)16-2)5-9(4-7)17(11,13)14/h3-5H,6H2,1-2H3. The highest BCUT2D eigenvalue weighted by molar-refractivity contribution is 7.86. The fourth-order valence-electron chi connectivity index (χ4n) is 1.29. The van der Waals surface area contributed by atoms with E-state index in [0.717, 1.165) is 19.2 Å². The van der Waals surface area contributed by atoms with Gasteiger partial charge in [-0.15, -0.1) is 3.89 Å². The summed E-state index contributed by atoms with van der Waals surface area (Å²) in [5.41, 5.74) is 0.324. The Morgan fingerprint density at radius 3 is 2.41 bits per heavy atom. The van der Waals surface area contributed by atoms with E-state index in [1.54, 1.807) is 0 Å². The normalized spacial score (nSPS) is 11.2. The maximum absolute atomic E-state index is 12.9. The lowest BCUT2D eigenvalue weighted by Gasteiger charge is -2.05. The molecule has 0 unspecified atom stereocenters. The predicted octanol–water partition coefficient (Wildman–Crippen LogP) is 1.28. The van der Waals surface area contributed by atoms with Crippen LogP contribution < -0.4 is 0 Å². The molecular weight excluding hydrogens is 251 g/mol. The average molecular weight is 262 g/mol. The maximum Gasteiger partial charge on any atom is 0.337 e. The van der Waals surface area contributed by atoms with E-state index in [9.17, 15) is 17.1 Å². The van der Waals surface area contributed by atoms with Gasteiger partial charge < -0.3 is 9.47 Å². The number of carbonyl (C=O) groups is 1. The number of ether oxygens (including phenoxy) is 2. The van der Waals surface area contributed by atoms with Crippen molar-refractivity contribution in [3.05, 3.63) is 29.3 Å². The number of esters is 1. The maximum atomic E-state index is 12.9. The highest BCUT2D eigenvalue weighted by Gasteiger charge is 2.17. The number of halogens is 1. The summed E-state index contributed by atoms with van der Waals surface area (Å²) in [4.78, 5) is 10.7. The number of carbonyl (C=O) groups excluding carboxylic acids is 1. The zero-order chi connectivity index (χ0) is 13.1. The molecule has 1 aromatic rings. The second-order valence-electron chi connectivity index (χ2n) is 3.23. The van der Waals surface area contributed by atoms with E-state index in [4.69, 9.17) is 4.74 Å². The van der Waals surface area contributed by atoms with Crippen molar-refractivity contribution in [3.63, 3.8) is 0 Å². The highest BCUT2D eigenvalue weighted by Crippen LogP contribution is 2.18. The van der Waals surface area contributed by atoms with E-state index in [2.05, 4.69) is 4.74 Å². The first kappa shape index (κ1) is 13.6. The minimum absolute atomic E-state index is 0.0433. The minimum Gasteiger partial charge on any atom is -0.465 e. The van der Waals surface area contributed by atoms with Crippen molar-refractivity contribution in [2.75, 3.05) is 14.2 Å². The Kier molecular flexibility index (Phi) is 4.19. The van der Waals surface area contributed by atoms with Gasteiger partial charge in [0, 0.05) is 7.11 Å². The molecule has 1 aromatic carbocycles. The van der Waals surface area contributed by atoms with Gasteiger partial charge in [0.1, 0.15) is 0 Å². The van der Waals surface area contributed by atoms with E-state index in [1.807, 2.05) is 0 Å². The van der Waals surface area contributed by atoms with Crippen LogP contribution in [0, 0.1) is 0 Å². The van der Waals surface area contributed by atoms with Crippen LogP contribution in [0.5, 0.6) is 0 Å². The molecule has 0 aliphatic rings. The average Bonchev–Trinajstić information content (AvgIpc) is 2.27. The molecule has 94 valence electrons. The van der Waals surface area contributed by atoms with Gasteiger partial charge in [-0.1, -0.05) is 0 Å². The van der Waals surface area contributed by atoms with Gasteiger partial charge in [-0.05, 0) is 23.8 Å². The van der Waals surface area contributed by atoms with Crippen LogP contribution in [-0.2, 0) is 26.3 Å². The Morgan fingerprint density at radius 1 is 1.29 bits per heavy atom. The smallest absolute Gasteiger partial charge is 0.337 e. The Bertz CT molecular complexity index is 523. The van der Waals surface area contributed by atoms with Crippen LogP contribution in [-0.4, -0.2) is 28.6 Å². The van der Waals surface area contributed by atoms with Gasteiger partial charge >= 0.3 is 16.2 Å². The van der Waals surface area contributed by atoms with Crippen molar-refractivity contribution in [2.24, 2.45) is 0 Å². The van der Waals surface area contributed by atoms with Gasteiger partial charge in [-0.2, -0.15) is 8.42 Å². The summed E-state index contributed by atoms with van der Waals surface area (Å²) in [6.45, 7) is 0.0629. The molecule has 0 amide bonds. The summed E-state index contributed by atoms with van der Waals surface area (Å²) < 4.78 is 43.7. The molecule has 0 spiro atoms. The van der Waals surface area contributed by atoms with Crippen LogP contribution in [0.1, 0.15) is 15.9 Å². The molecule has 0 N–H and O–H groups in total. The lowest BCUT2D eigenvalue weighted by Crippen LogP contribution is -2.05. The molecule has 5 nitrogen and oxygen atoms in total. The molecule has 0 bridgehead atoms. The van der Waals surface area contributed by atoms with Crippen LogP contribution >= 0.6 is 0 Å². The molecule has 0 aliphatic carbocycles.